The van der Waals surface area contributed by atoms with Crippen molar-refractivity contribution in [1.29, 1.82) is 0 Å². The maximum atomic E-state index is 12.5. The number of nitrogens with one attached hydrogen (secondary N) is 2. The van der Waals surface area contributed by atoms with Crippen molar-refractivity contribution in [2.75, 3.05) is 39.5 Å². The number of esters is 1. The molecule has 0 aliphatic carbocycles. The number of amides is 3. The number of hydrogen-bond acceptors (Lipinski definition) is 8. The molecule has 0 spiro atoms. The summed E-state index contributed by atoms with van der Waals surface area (Å²) < 4.78 is 42.0. The second kappa shape index (κ2) is 9.20. The van der Waals surface area contributed by atoms with E-state index in [-0.39, 0.29) is 24.5 Å². The first kappa shape index (κ1) is 21.0. The predicted octanol–water partition coefficient (Wildman–Crippen LogP) is -0.772. The highest BCUT2D eigenvalue weighted by molar-refractivity contribution is 7.89. The van der Waals surface area contributed by atoms with Gasteiger partial charge < -0.3 is 19.5 Å². The zero-order valence-corrected chi connectivity index (χ0v) is 16.3. The van der Waals surface area contributed by atoms with E-state index in [0.29, 0.717) is 32.1 Å². The van der Waals surface area contributed by atoms with Crippen molar-refractivity contribution in [2.45, 2.75) is 17.4 Å². The van der Waals surface area contributed by atoms with Crippen LogP contribution in [0.5, 0.6) is 5.75 Å². The van der Waals surface area contributed by atoms with E-state index in [4.69, 9.17) is 14.2 Å². The third-order valence-electron chi connectivity index (χ3n) is 4.28. The summed E-state index contributed by atoms with van der Waals surface area (Å²) in [4.78, 5) is 34.2. The molecule has 1 aromatic rings. The number of hydrogen-bond donors (Lipinski definition) is 2. The van der Waals surface area contributed by atoms with Crippen molar-refractivity contribution in [3.8, 4) is 5.75 Å². The topological polar surface area (TPSA) is 140 Å². The van der Waals surface area contributed by atoms with Crippen LogP contribution in [-0.2, 0) is 29.1 Å². The lowest BCUT2D eigenvalue weighted by atomic mass is 10.2. The van der Waals surface area contributed by atoms with Crippen LogP contribution >= 0.6 is 0 Å². The molecule has 2 saturated heterocycles. The molecule has 12 heteroatoms. The zero-order chi connectivity index (χ0) is 20.9. The first-order valence-corrected chi connectivity index (χ1v) is 10.4. The number of rotatable bonds is 8. The summed E-state index contributed by atoms with van der Waals surface area (Å²) in [5.74, 6) is -0.803. The van der Waals surface area contributed by atoms with Gasteiger partial charge in [0.15, 0.2) is 0 Å². The maximum absolute atomic E-state index is 12.5. The van der Waals surface area contributed by atoms with Crippen LogP contribution in [-0.4, -0.2) is 76.2 Å². The van der Waals surface area contributed by atoms with E-state index >= 15 is 0 Å². The molecule has 2 N–H and O–H groups in total. The molecule has 2 fully saturated rings. The van der Waals surface area contributed by atoms with E-state index in [1.807, 2.05) is 5.32 Å². The Labute approximate surface area is 167 Å². The number of nitrogens with zero attached hydrogens (tertiary/aromatic N) is 1. The van der Waals surface area contributed by atoms with Gasteiger partial charge in [0.1, 0.15) is 25.0 Å². The van der Waals surface area contributed by atoms with E-state index in [1.54, 1.807) is 0 Å². The summed E-state index contributed by atoms with van der Waals surface area (Å²) in [5, 5.41) is 4.32. The van der Waals surface area contributed by atoms with Crippen LogP contribution < -0.4 is 15.4 Å². The average Bonchev–Trinajstić information content (AvgIpc) is 3.03. The van der Waals surface area contributed by atoms with E-state index in [2.05, 4.69) is 5.32 Å². The molecule has 2 heterocycles. The summed E-state index contributed by atoms with van der Waals surface area (Å²) in [5.41, 5.74) is 0. The largest absolute Gasteiger partial charge is 0.490 e. The molecular weight excluding hydrogens is 406 g/mol. The van der Waals surface area contributed by atoms with E-state index in [9.17, 15) is 22.8 Å². The predicted molar refractivity (Wildman–Crippen MR) is 97.6 cm³/mol. The Bertz CT molecular complexity index is 865. The number of carbonyl (C=O) groups excluding carboxylic acids is 3. The Morgan fingerprint density at radius 2 is 1.83 bits per heavy atom. The third kappa shape index (κ3) is 5.43. The van der Waals surface area contributed by atoms with Gasteiger partial charge in [-0.05, 0) is 24.3 Å². The summed E-state index contributed by atoms with van der Waals surface area (Å²) in [6, 6.07) is 4.37. The summed E-state index contributed by atoms with van der Waals surface area (Å²) in [6.45, 7) is 1.36. The number of sulfonamides is 1. The minimum atomic E-state index is -3.57. The molecule has 1 aromatic carbocycles. The number of imide groups is 1. The minimum Gasteiger partial charge on any atom is -0.490 e. The molecular formula is C17H21N3O8S. The van der Waals surface area contributed by atoms with Crippen molar-refractivity contribution in [1.82, 2.24) is 14.9 Å². The molecule has 0 radical (unpaired) electrons. The van der Waals surface area contributed by atoms with Gasteiger partial charge >= 0.3 is 12.0 Å². The Morgan fingerprint density at radius 1 is 1.14 bits per heavy atom. The lowest BCUT2D eigenvalue weighted by Crippen LogP contribution is -2.40. The fraction of sp³-hybridized carbons (Fsp3) is 0.471. The molecule has 2 aliphatic rings. The second-order valence-corrected chi connectivity index (χ2v) is 8.21. The quantitative estimate of drug-likeness (QED) is 0.313. The Kier molecular flexibility index (Phi) is 6.67. The molecule has 29 heavy (non-hydrogen) atoms. The minimum absolute atomic E-state index is 0.0462. The SMILES string of the molecule is O=C1NC(=O)[C@H](CC(=O)OCCOc2ccc(S(=O)(=O)N3CCOCC3)cc2)N1. The Morgan fingerprint density at radius 3 is 2.45 bits per heavy atom. The van der Waals surface area contributed by atoms with Crippen LogP contribution in [0.2, 0.25) is 0 Å². The van der Waals surface area contributed by atoms with Crippen LogP contribution in [0.3, 0.4) is 0 Å². The molecule has 2 aliphatic heterocycles. The summed E-state index contributed by atoms with van der Waals surface area (Å²) in [6.07, 6.45) is -0.272. The van der Waals surface area contributed by atoms with E-state index in [0.717, 1.165) is 0 Å². The fourth-order valence-electron chi connectivity index (χ4n) is 2.79. The number of carbonyl (C=O) groups is 3. The van der Waals surface area contributed by atoms with E-state index < -0.39 is 34.0 Å². The molecule has 11 nitrogen and oxygen atoms in total. The normalized spacial score (nSPS) is 20.1. The Balaban J connectivity index is 1.41. The molecule has 1 atom stereocenters. The maximum Gasteiger partial charge on any atom is 0.322 e. The second-order valence-electron chi connectivity index (χ2n) is 6.28. The van der Waals surface area contributed by atoms with Gasteiger partial charge in [-0.1, -0.05) is 0 Å². The number of ether oxygens (including phenoxy) is 3. The highest BCUT2D eigenvalue weighted by atomic mass is 32.2. The van der Waals surface area contributed by atoms with Crippen LogP contribution in [0.15, 0.2) is 29.2 Å². The first-order chi connectivity index (χ1) is 13.9. The van der Waals surface area contributed by atoms with Crippen LogP contribution in [0.4, 0.5) is 4.79 Å². The highest BCUT2D eigenvalue weighted by Crippen LogP contribution is 2.20. The van der Waals surface area contributed by atoms with Crippen LogP contribution in [0, 0.1) is 0 Å². The van der Waals surface area contributed by atoms with Crippen molar-refractivity contribution in [3.63, 3.8) is 0 Å². The Hall–Kier alpha value is -2.70. The van der Waals surface area contributed by atoms with Crippen molar-refractivity contribution >= 4 is 27.9 Å². The number of urea groups is 1. The number of benzene rings is 1. The third-order valence-corrected chi connectivity index (χ3v) is 6.19. The highest BCUT2D eigenvalue weighted by Gasteiger charge is 2.31. The van der Waals surface area contributed by atoms with Gasteiger partial charge in [-0.15, -0.1) is 0 Å². The molecule has 0 saturated carbocycles. The van der Waals surface area contributed by atoms with Gasteiger partial charge in [0.25, 0.3) is 5.91 Å². The van der Waals surface area contributed by atoms with E-state index in [1.165, 1.54) is 28.6 Å². The van der Waals surface area contributed by atoms with Crippen LogP contribution in [0.25, 0.3) is 0 Å². The number of morpholine rings is 1. The molecule has 3 rings (SSSR count). The van der Waals surface area contributed by atoms with Gasteiger partial charge in [0, 0.05) is 13.1 Å². The lowest BCUT2D eigenvalue weighted by Gasteiger charge is -2.26. The zero-order valence-electron chi connectivity index (χ0n) is 15.5. The van der Waals surface area contributed by atoms with Gasteiger partial charge in [-0.2, -0.15) is 4.31 Å². The van der Waals surface area contributed by atoms with Crippen molar-refractivity contribution in [3.05, 3.63) is 24.3 Å². The molecule has 158 valence electrons. The van der Waals surface area contributed by atoms with Crippen molar-refractivity contribution in [2.24, 2.45) is 0 Å². The molecule has 0 unspecified atom stereocenters. The van der Waals surface area contributed by atoms with Crippen LogP contribution in [0.1, 0.15) is 6.42 Å². The first-order valence-electron chi connectivity index (χ1n) is 8.94. The summed E-state index contributed by atoms with van der Waals surface area (Å²) in [7, 11) is -3.57. The van der Waals surface area contributed by atoms with Gasteiger partial charge in [0.05, 0.1) is 24.5 Å². The monoisotopic (exact) mass is 427 g/mol. The molecule has 0 bridgehead atoms. The van der Waals surface area contributed by atoms with Crippen molar-refractivity contribution < 1.29 is 37.0 Å². The lowest BCUT2D eigenvalue weighted by molar-refractivity contribution is -0.146. The van der Waals surface area contributed by atoms with Gasteiger partial charge in [0.2, 0.25) is 10.0 Å². The smallest absolute Gasteiger partial charge is 0.322 e. The molecule has 3 amide bonds. The van der Waals surface area contributed by atoms with Gasteiger partial charge in [-0.3, -0.25) is 14.9 Å². The fourth-order valence-corrected chi connectivity index (χ4v) is 4.20. The summed E-state index contributed by atoms with van der Waals surface area (Å²) >= 11 is 0. The van der Waals surface area contributed by atoms with Gasteiger partial charge in [-0.25, -0.2) is 13.2 Å². The average molecular weight is 427 g/mol. The molecule has 0 aromatic heterocycles. The standard InChI is InChI=1S/C17H21N3O8S/c21-15(11-14-16(22)19-17(23)18-14)28-10-9-27-12-1-3-13(4-2-12)29(24,25)20-5-7-26-8-6-20/h1-4,14H,5-11H2,(H2,18,19,22,23)/t14-/m0/s1.